The maximum atomic E-state index is 6.20. The minimum atomic E-state index is 0. The molecule has 37 heavy (non-hydrogen) atoms. The average molecular weight is 614 g/mol. The molecular weight excluding hydrogens is 560 g/mol. The number of rotatable bonds is 9. The normalized spacial score (nSPS) is 23.8. The second-order valence-corrected chi connectivity index (χ2v) is 12.5. The summed E-state index contributed by atoms with van der Waals surface area (Å²) in [7, 11) is 1.77. The Bertz CT molecular complexity index is 783. The second-order valence-electron chi connectivity index (χ2n) is 10.8. The summed E-state index contributed by atoms with van der Waals surface area (Å²) in [5, 5.41) is 4.87. The third-order valence-corrected chi connectivity index (χ3v) is 8.19. The van der Waals surface area contributed by atoms with Crippen LogP contribution < -0.4 is 5.32 Å². The van der Waals surface area contributed by atoms with Crippen LogP contribution in [0.2, 0.25) is 0 Å². The quantitative estimate of drug-likeness (QED) is 0.394. The molecule has 9 N–H and O–H groups in total. The first-order valence-electron chi connectivity index (χ1n) is 12.2. The molecule has 1 saturated heterocycles. The Kier molecular flexibility index (Phi) is 20.7. The highest BCUT2D eigenvalue weighted by Crippen LogP contribution is 2.42. The van der Waals surface area contributed by atoms with Crippen molar-refractivity contribution in [3.8, 4) is 0 Å². The molecule has 0 radical (unpaired) electrons. The van der Waals surface area contributed by atoms with Crippen molar-refractivity contribution in [2.24, 2.45) is 17.3 Å². The van der Waals surface area contributed by atoms with Crippen molar-refractivity contribution in [2.75, 3.05) is 39.9 Å². The van der Waals surface area contributed by atoms with Crippen LogP contribution in [0.4, 0.5) is 0 Å². The number of piperidine rings is 1. The summed E-state index contributed by atoms with van der Waals surface area (Å²) in [6.07, 6.45) is 13.5. The first kappa shape index (κ1) is 40.9. The molecule has 7 nitrogen and oxygen atoms in total. The van der Waals surface area contributed by atoms with E-state index in [1.807, 2.05) is 0 Å². The van der Waals surface area contributed by atoms with E-state index < -0.39 is 0 Å². The number of alkyl halides is 1. The minimum Gasteiger partial charge on any atom is -0.412 e. The highest BCUT2D eigenvalue weighted by Gasteiger charge is 2.38. The van der Waals surface area contributed by atoms with Gasteiger partial charge in [0.15, 0.2) is 0 Å². The minimum absolute atomic E-state index is 0. The van der Waals surface area contributed by atoms with Gasteiger partial charge in [0.1, 0.15) is 0 Å². The third-order valence-electron chi connectivity index (χ3n) is 7.29. The van der Waals surface area contributed by atoms with Crippen LogP contribution in [-0.4, -0.2) is 77.6 Å². The van der Waals surface area contributed by atoms with E-state index in [1.165, 1.54) is 24.1 Å². The SMILES string of the molecule is C.COCC1=CC(CN[C@@H](CN2CCC(C3=CC=C(Cl)CC3)C(C)(C)C2)C(C)C)=CC(Br)C1.O.O.O.O. The van der Waals surface area contributed by atoms with Crippen molar-refractivity contribution in [3.05, 3.63) is 46.1 Å². The molecule has 3 aliphatic rings. The average Bonchev–Trinajstić information content (AvgIpc) is 2.71. The number of hydrogen-bond acceptors (Lipinski definition) is 3. The van der Waals surface area contributed by atoms with Crippen LogP contribution >= 0.6 is 27.5 Å². The summed E-state index contributed by atoms with van der Waals surface area (Å²) >= 11 is 9.99. The zero-order valence-electron chi connectivity index (χ0n) is 22.6. The summed E-state index contributed by atoms with van der Waals surface area (Å²) in [4.78, 5) is 3.10. The van der Waals surface area contributed by atoms with E-state index in [2.05, 4.69) is 78.1 Å². The molecule has 9 heteroatoms. The molecule has 0 amide bonds. The zero-order valence-corrected chi connectivity index (χ0v) is 24.9. The molecule has 2 unspecified atom stereocenters. The fraction of sp³-hybridized carbons (Fsp3) is 0.714. The standard InChI is InChI=1S/C27H42BrClN2O.CH4.4H2O/c1-19(2)26(30-15-20-12-21(17-32-5)14-23(28)13-20)16-31-11-10-25(27(3,4)18-31)22-6-8-24(29)9-7-22;;;;;/h6,8,12-13,19,23,25-26,30H,7,9-11,14-18H2,1-5H3;1H4;4*1H2/t23?,25?,26-;;;;;/m0...../s1. The van der Waals surface area contributed by atoms with E-state index in [0.717, 1.165) is 50.5 Å². The number of hydrogen-bond donors (Lipinski definition) is 1. The molecule has 1 aliphatic heterocycles. The Balaban J connectivity index is -0.00000231. The topological polar surface area (TPSA) is 150 Å². The molecule has 0 bridgehead atoms. The molecule has 0 aromatic heterocycles. The predicted molar refractivity (Wildman–Crippen MR) is 163 cm³/mol. The molecule has 0 saturated carbocycles. The van der Waals surface area contributed by atoms with Gasteiger partial charge in [-0.15, -0.1) is 0 Å². The van der Waals surface area contributed by atoms with Crippen molar-refractivity contribution >= 4 is 27.5 Å². The van der Waals surface area contributed by atoms with Crippen molar-refractivity contribution in [1.82, 2.24) is 10.2 Å². The first-order valence-corrected chi connectivity index (χ1v) is 13.5. The fourth-order valence-electron chi connectivity index (χ4n) is 5.57. The summed E-state index contributed by atoms with van der Waals surface area (Å²) in [5.74, 6) is 1.26. The van der Waals surface area contributed by atoms with Crippen molar-refractivity contribution < 1.29 is 26.6 Å². The maximum absolute atomic E-state index is 6.20. The van der Waals surface area contributed by atoms with Gasteiger partial charge in [-0.25, -0.2) is 0 Å². The van der Waals surface area contributed by atoms with Crippen LogP contribution in [0, 0.1) is 17.3 Å². The number of methoxy groups -OCH3 is 1. The van der Waals surface area contributed by atoms with Gasteiger partial charge in [0.25, 0.3) is 0 Å². The molecule has 0 aromatic rings. The van der Waals surface area contributed by atoms with Gasteiger partial charge in [-0.3, -0.25) is 0 Å². The van der Waals surface area contributed by atoms with E-state index in [1.54, 1.807) is 12.7 Å². The van der Waals surface area contributed by atoms with Crippen LogP contribution in [0.25, 0.3) is 0 Å². The van der Waals surface area contributed by atoms with Crippen LogP contribution in [0.1, 0.15) is 60.8 Å². The number of ether oxygens (including phenoxy) is 1. The summed E-state index contributed by atoms with van der Waals surface area (Å²) in [6, 6.07) is 0.480. The van der Waals surface area contributed by atoms with Gasteiger partial charge in [-0.2, -0.15) is 0 Å². The van der Waals surface area contributed by atoms with Gasteiger partial charge in [0.2, 0.25) is 0 Å². The number of nitrogens with one attached hydrogen (secondary N) is 1. The van der Waals surface area contributed by atoms with Gasteiger partial charge in [-0.05, 0) is 66.7 Å². The lowest BCUT2D eigenvalue weighted by Gasteiger charge is -2.47. The van der Waals surface area contributed by atoms with Crippen LogP contribution in [0.3, 0.4) is 0 Å². The van der Waals surface area contributed by atoms with E-state index in [4.69, 9.17) is 16.3 Å². The molecule has 1 heterocycles. The van der Waals surface area contributed by atoms with Gasteiger partial charge in [0, 0.05) is 42.6 Å². The van der Waals surface area contributed by atoms with E-state index in [-0.39, 0.29) is 34.7 Å². The molecule has 220 valence electrons. The van der Waals surface area contributed by atoms with Crippen LogP contribution in [0.15, 0.2) is 46.1 Å². The first-order chi connectivity index (χ1) is 15.2. The Morgan fingerprint density at radius 3 is 2.38 bits per heavy atom. The van der Waals surface area contributed by atoms with E-state index in [9.17, 15) is 0 Å². The summed E-state index contributed by atoms with van der Waals surface area (Å²) in [5.41, 5.74) is 4.62. The highest BCUT2D eigenvalue weighted by atomic mass is 79.9. The van der Waals surface area contributed by atoms with Gasteiger partial charge in [0.05, 0.1) is 6.61 Å². The Morgan fingerprint density at radius 1 is 1.16 bits per heavy atom. The van der Waals surface area contributed by atoms with Crippen molar-refractivity contribution in [1.29, 1.82) is 0 Å². The van der Waals surface area contributed by atoms with Crippen molar-refractivity contribution in [2.45, 2.75) is 71.7 Å². The van der Waals surface area contributed by atoms with Crippen LogP contribution in [0.5, 0.6) is 0 Å². The molecule has 3 rings (SSSR count). The fourth-order valence-corrected chi connectivity index (χ4v) is 6.49. The summed E-state index contributed by atoms with van der Waals surface area (Å²) < 4.78 is 5.36. The number of likely N-dealkylation sites (tertiary alicyclic amines) is 1. The molecular formula is C28H54BrClN2O5. The lowest BCUT2D eigenvalue weighted by Crippen LogP contribution is -2.52. The molecule has 1 fully saturated rings. The van der Waals surface area contributed by atoms with Crippen molar-refractivity contribution in [3.63, 3.8) is 0 Å². The number of halogens is 2. The lowest BCUT2D eigenvalue weighted by molar-refractivity contribution is 0.0608. The van der Waals surface area contributed by atoms with E-state index >= 15 is 0 Å². The van der Waals surface area contributed by atoms with E-state index in [0.29, 0.717) is 22.7 Å². The maximum Gasteiger partial charge on any atom is 0.0676 e. The predicted octanol–water partition coefficient (Wildman–Crippen LogP) is 3.80. The molecule has 3 atom stereocenters. The Hall–Kier alpha value is -0.550. The molecule has 0 aromatic carbocycles. The van der Waals surface area contributed by atoms with Gasteiger partial charge in [-0.1, -0.05) is 86.5 Å². The zero-order chi connectivity index (χ0) is 23.3. The highest BCUT2D eigenvalue weighted by molar-refractivity contribution is 9.09. The number of allylic oxidation sites excluding steroid dienone is 5. The smallest absolute Gasteiger partial charge is 0.0676 e. The lowest BCUT2D eigenvalue weighted by atomic mass is 9.68. The Morgan fingerprint density at radius 2 is 1.84 bits per heavy atom. The Labute approximate surface area is 238 Å². The van der Waals surface area contributed by atoms with Crippen LogP contribution in [-0.2, 0) is 4.74 Å². The van der Waals surface area contributed by atoms with Gasteiger partial charge < -0.3 is 36.9 Å². The second kappa shape index (κ2) is 18.7. The molecule has 2 aliphatic carbocycles. The third kappa shape index (κ3) is 12.0. The molecule has 0 spiro atoms. The largest absolute Gasteiger partial charge is 0.412 e. The monoisotopic (exact) mass is 612 g/mol. The van der Waals surface area contributed by atoms with Gasteiger partial charge >= 0.3 is 0 Å². The number of nitrogens with zero attached hydrogens (tertiary/aromatic N) is 1. The summed E-state index contributed by atoms with van der Waals surface area (Å²) in [6.45, 7) is 14.7.